The molecular formula is C15H15ClN2O2S. The van der Waals surface area contributed by atoms with E-state index in [1.54, 1.807) is 25.4 Å². The Kier molecular flexibility index (Phi) is 5.90. The zero-order valence-corrected chi connectivity index (χ0v) is 13.1. The van der Waals surface area contributed by atoms with Crippen LogP contribution in [0.3, 0.4) is 0 Å². The van der Waals surface area contributed by atoms with E-state index >= 15 is 0 Å². The Labute approximate surface area is 132 Å². The Morgan fingerprint density at radius 2 is 2.24 bits per heavy atom. The van der Waals surface area contributed by atoms with E-state index in [1.165, 1.54) is 11.8 Å². The predicted molar refractivity (Wildman–Crippen MR) is 84.8 cm³/mol. The molecule has 1 amide bonds. The monoisotopic (exact) mass is 322 g/mol. The fourth-order valence-corrected chi connectivity index (χ4v) is 2.41. The highest BCUT2D eigenvalue weighted by Gasteiger charge is 2.04. The van der Waals surface area contributed by atoms with E-state index in [9.17, 15) is 4.79 Å². The standard InChI is InChI=1S/C15H15ClN2O2S/c1-20-13-4-2-3-11(7-13)8-17-14(19)10-21-15-6-5-12(16)9-18-15/h2-7,9H,8,10H2,1H3,(H,17,19). The van der Waals surface area contributed by atoms with Gasteiger partial charge in [-0.2, -0.15) is 0 Å². The molecule has 1 aromatic carbocycles. The maximum atomic E-state index is 11.8. The summed E-state index contributed by atoms with van der Waals surface area (Å²) in [4.78, 5) is 15.9. The van der Waals surface area contributed by atoms with Crippen LogP contribution >= 0.6 is 23.4 Å². The number of amides is 1. The molecule has 4 nitrogen and oxygen atoms in total. The second-order valence-electron chi connectivity index (χ2n) is 4.23. The van der Waals surface area contributed by atoms with Crippen LogP contribution < -0.4 is 10.1 Å². The summed E-state index contributed by atoms with van der Waals surface area (Å²) in [6.07, 6.45) is 1.57. The van der Waals surface area contributed by atoms with Crippen molar-refractivity contribution in [2.24, 2.45) is 0 Å². The van der Waals surface area contributed by atoms with Crippen molar-refractivity contribution in [2.75, 3.05) is 12.9 Å². The van der Waals surface area contributed by atoms with Gasteiger partial charge in [-0.1, -0.05) is 35.5 Å². The van der Waals surface area contributed by atoms with Crippen molar-refractivity contribution in [1.82, 2.24) is 10.3 Å². The van der Waals surface area contributed by atoms with Crippen LogP contribution in [0.2, 0.25) is 5.02 Å². The van der Waals surface area contributed by atoms with Gasteiger partial charge < -0.3 is 10.1 Å². The quantitative estimate of drug-likeness (QED) is 0.830. The van der Waals surface area contributed by atoms with Gasteiger partial charge in [0.25, 0.3) is 0 Å². The summed E-state index contributed by atoms with van der Waals surface area (Å²) in [6, 6.07) is 11.2. The maximum absolute atomic E-state index is 11.8. The third-order valence-corrected chi connectivity index (χ3v) is 3.84. The molecule has 0 radical (unpaired) electrons. The largest absolute Gasteiger partial charge is 0.497 e. The van der Waals surface area contributed by atoms with Crippen LogP contribution in [-0.4, -0.2) is 23.8 Å². The Morgan fingerprint density at radius 3 is 2.95 bits per heavy atom. The molecule has 0 spiro atoms. The minimum atomic E-state index is -0.0421. The first-order valence-corrected chi connectivity index (χ1v) is 7.68. The molecule has 0 aliphatic carbocycles. The highest BCUT2D eigenvalue weighted by Crippen LogP contribution is 2.17. The highest BCUT2D eigenvalue weighted by molar-refractivity contribution is 7.99. The fourth-order valence-electron chi connectivity index (χ4n) is 1.62. The number of methoxy groups -OCH3 is 1. The second-order valence-corrected chi connectivity index (χ2v) is 5.66. The number of hydrogen-bond acceptors (Lipinski definition) is 4. The molecular weight excluding hydrogens is 308 g/mol. The van der Waals surface area contributed by atoms with Crippen molar-refractivity contribution in [3.8, 4) is 5.75 Å². The van der Waals surface area contributed by atoms with Crippen LogP contribution in [0, 0.1) is 0 Å². The van der Waals surface area contributed by atoms with Gasteiger partial charge >= 0.3 is 0 Å². The number of carbonyl (C=O) groups is 1. The van der Waals surface area contributed by atoms with Gasteiger partial charge in [-0.3, -0.25) is 4.79 Å². The number of aromatic nitrogens is 1. The molecule has 2 aromatic rings. The van der Waals surface area contributed by atoms with Crippen LogP contribution in [0.25, 0.3) is 0 Å². The third kappa shape index (κ3) is 5.28. The van der Waals surface area contributed by atoms with Crippen molar-refractivity contribution in [2.45, 2.75) is 11.6 Å². The number of pyridine rings is 1. The van der Waals surface area contributed by atoms with E-state index in [0.717, 1.165) is 16.3 Å². The molecule has 21 heavy (non-hydrogen) atoms. The number of ether oxygens (including phenoxy) is 1. The maximum Gasteiger partial charge on any atom is 0.230 e. The van der Waals surface area contributed by atoms with Gasteiger partial charge in [-0.05, 0) is 29.8 Å². The second kappa shape index (κ2) is 7.90. The van der Waals surface area contributed by atoms with E-state index in [0.29, 0.717) is 17.3 Å². The van der Waals surface area contributed by atoms with Crippen LogP contribution in [0.4, 0.5) is 0 Å². The van der Waals surface area contributed by atoms with Crippen LogP contribution in [0.5, 0.6) is 5.75 Å². The van der Waals surface area contributed by atoms with E-state index in [-0.39, 0.29) is 5.91 Å². The molecule has 0 unspecified atom stereocenters. The summed E-state index contributed by atoms with van der Waals surface area (Å²) in [5, 5.41) is 4.22. The van der Waals surface area contributed by atoms with Gasteiger partial charge in [-0.25, -0.2) is 4.98 Å². The number of hydrogen-bond donors (Lipinski definition) is 1. The molecule has 0 saturated heterocycles. The summed E-state index contributed by atoms with van der Waals surface area (Å²) in [5.74, 6) is 1.06. The van der Waals surface area contributed by atoms with Crippen molar-refractivity contribution in [1.29, 1.82) is 0 Å². The number of benzene rings is 1. The number of halogens is 1. The van der Waals surface area contributed by atoms with Gasteiger partial charge in [-0.15, -0.1) is 0 Å². The smallest absolute Gasteiger partial charge is 0.230 e. The lowest BCUT2D eigenvalue weighted by Crippen LogP contribution is -2.24. The number of rotatable bonds is 6. The lowest BCUT2D eigenvalue weighted by molar-refractivity contribution is -0.118. The first-order chi connectivity index (χ1) is 10.2. The summed E-state index contributed by atoms with van der Waals surface area (Å²) in [7, 11) is 1.62. The molecule has 0 aliphatic heterocycles. The lowest BCUT2D eigenvalue weighted by atomic mass is 10.2. The summed E-state index contributed by atoms with van der Waals surface area (Å²) in [6.45, 7) is 0.477. The average molecular weight is 323 g/mol. The zero-order chi connectivity index (χ0) is 15.1. The van der Waals surface area contributed by atoms with Gasteiger partial charge in [0.05, 0.1) is 22.9 Å². The Morgan fingerprint density at radius 1 is 1.38 bits per heavy atom. The molecule has 2 rings (SSSR count). The number of nitrogens with one attached hydrogen (secondary N) is 1. The molecule has 110 valence electrons. The minimum Gasteiger partial charge on any atom is -0.497 e. The molecule has 1 aromatic heterocycles. The van der Waals surface area contributed by atoms with Crippen molar-refractivity contribution >= 4 is 29.3 Å². The average Bonchev–Trinajstić information content (AvgIpc) is 2.52. The van der Waals surface area contributed by atoms with E-state index in [1.807, 2.05) is 24.3 Å². The molecule has 0 aliphatic rings. The van der Waals surface area contributed by atoms with Crippen molar-refractivity contribution in [3.05, 3.63) is 53.2 Å². The summed E-state index contributed by atoms with van der Waals surface area (Å²) < 4.78 is 5.14. The van der Waals surface area contributed by atoms with Gasteiger partial charge in [0.1, 0.15) is 5.75 Å². The number of carbonyl (C=O) groups excluding carboxylic acids is 1. The van der Waals surface area contributed by atoms with Gasteiger partial charge in [0, 0.05) is 12.7 Å². The van der Waals surface area contributed by atoms with E-state index < -0.39 is 0 Å². The molecule has 0 atom stereocenters. The lowest BCUT2D eigenvalue weighted by Gasteiger charge is -2.06. The molecule has 0 fully saturated rings. The van der Waals surface area contributed by atoms with E-state index in [4.69, 9.17) is 16.3 Å². The molecule has 1 heterocycles. The normalized spacial score (nSPS) is 10.2. The molecule has 0 saturated carbocycles. The minimum absolute atomic E-state index is 0.0421. The van der Waals surface area contributed by atoms with Crippen LogP contribution in [0.1, 0.15) is 5.56 Å². The number of nitrogens with zero attached hydrogens (tertiary/aromatic N) is 1. The molecule has 1 N–H and O–H groups in total. The SMILES string of the molecule is COc1cccc(CNC(=O)CSc2ccc(Cl)cn2)c1. The first kappa shape index (κ1) is 15.7. The number of thioether (sulfide) groups is 1. The zero-order valence-electron chi connectivity index (χ0n) is 11.5. The predicted octanol–water partition coefficient (Wildman–Crippen LogP) is 3.15. The van der Waals surface area contributed by atoms with Crippen LogP contribution in [0.15, 0.2) is 47.6 Å². The Hall–Kier alpha value is -1.72. The molecule has 6 heteroatoms. The summed E-state index contributed by atoms with van der Waals surface area (Å²) in [5.41, 5.74) is 0.998. The highest BCUT2D eigenvalue weighted by atomic mass is 35.5. The topological polar surface area (TPSA) is 51.2 Å². The fraction of sp³-hybridized carbons (Fsp3) is 0.200. The first-order valence-electron chi connectivity index (χ1n) is 6.31. The Balaban J connectivity index is 1.78. The van der Waals surface area contributed by atoms with Crippen LogP contribution in [-0.2, 0) is 11.3 Å². The molecule has 0 bridgehead atoms. The van der Waals surface area contributed by atoms with Gasteiger partial charge in [0.15, 0.2) is 0 Å². The van der Waals surface area contributed by atoms with Crippen molar-refractivity contribution in [3.63, 3.8) is 0 Å². The van der Waals surface area contributed by atoms with E-state index in [2.05, 4.69) is 10.3 Å². The Bertz CT molecular complexity index is 605. The third-order valence-electron chi connectivity index (χ3n) is 2.68. The van der Waals surface area contributed by atoms with Gasteiger partial charge in [0.2, 0.25) is 5.91 Å². The van der Waals surface area contributed by atoms with Crippen molar-refractivity contribution < 1.29 is 9.53 Å². The summed E-state index contributed by atoms with van der Waals surface area (Å²) >= 11 is 7.13.